The summed E-state index contributed by atoms with van der Waals surface area (Å²) in [5.74, 6) is -1.15. The Balaban J connectivity index is 1.30. The molecule has 2 aromatic carbocycles. The van der Waals surface area contributed by atoms with Crippen molar-refractivity contribution in [2.75, 3.05) is 13.2 Å². The third kappa shape index (κ3) is 5.66. The number of carboxylic acid groups (broad SMARTS) is 1. The van der Waals surface area contributed by atoms with Crippen LogP contribution >= 0.6 is 0 Å². The van der Waals surface area contributed by atoms with E-state index >= 15 is 0 Å². The molecule has 0 bridgehead atoms. The minimum absolute atomic E-state index is 0.0413. The molecule has 0 spiro atoms. The van der Waals surface area contributed by atoms with E-state index < -0.39 is 18.1 Å². The van der Waals surface area contributed by atoms with Gasteiger partial charge in [-0.3, -0.25) is 9.59 Å². The highest BCUT2D eigenvalue weighted by Crippen LogP contribution is 2.44. The number of benzene rings is 2. The topological polar surface area (TPSA) is 105 Å². The first-order valence-electron chi connectivity index (χ1n) is 12.5. The number of amides is 2. The van der Waals surface area contributed by atoms with E-state index in [1.54, 1.807) is 0 Å². The van der Waals surface area contributed by atoms with Crippen LogP contribution in [0.2, 0.25) is 0 Å². The summed E-state index contributed by atoms with van der Waals surface area (Å²) in [5.41, 5.74) is 4.59. The van der Waals surface area contributed by atoms with Crippen molar-refractivity contribution >= 4 is 18.0 Å². The average molecular weight is 479 g/mol. The quantitative estimate of drug-likeness (QED) is 0.516. The van der Waals surface area contributed by atoms with Gasteiger partial charge in [0.1, 0.15) is 12.6 Å². The van der Waals surface area contributed by atoms with E-state index in [2.05, 4.69) is 34.9 Å². The Morgan fingerprint density at radius 3 is 2.06 bits per heavy atom. The number of carbonyl (C=O) groups is 3. The molecule has 0 aliphatic heterocycles. The zero-order valence-corrected chi connectivity index (χ0v) is 20.3. The Morgan fingerprint density at radius 2 is 1.51 bits per heavy atom. The highest BCUT2D eigenvalue weighted by Gasteiger charge is 2.31. The van der Waals surface area contributed by atoms with Crippen LogP contribution in [0.15, 0.2) is 48.5 Å². The second-order valence-electron chi connectivity index (χ2n) is 9.99. The van der Waals surface area contributed by atoms with Gasteiger partial charge in [-0.1, -0.05) is 62.4 Å². The van der Waals surface area contributed by atoms with E-state index in [1.807, 2.05) is 38.1 Å². The summed E-state index contributed by atoms with van der Waals surface area (Å²) in [6.07, 6.45) is 2.23. The number of ether oxygens (including phenoxy) is 1. The van der Waals surface area contributed by atoms with Gasteiger partial charge in [-0.15, -0.1) is 0 Å². The van der Waals surface area contributed by atoms with E-state index in [1.165, 1.54) is 0 Å². The molecule has 0 saturated heterocycles. The van der Waals surface area contributed by atoms with Gasteiger partial charge in [0.05, 0.1) is 5.92 Å². The average Bonchev–Trinajstić information content (AvgIpc) is 3.18. The molecule has 0 heterocycles. The van der Waals surface area contributed by atoms with E-state index in [-0.39, 0.29) is 36.2 Å². The predicted molar refractivity (Wildman–Crippen MR) is 133 cm³/mol. The number of alkyl carbamates (subject to hydrolysis) is 1. The molecule has 0 aromatic heterocycles. The minimum Gasteiger partial charge on any atom is -0.481 e. The first-order valence-corrected chi connectivity index (χ1v) is 12.5. The van der Waals surface area contributed by atoms with E-state index in [0.29, 0.717) is 19.4 Å². The Kier molecular flexibility index (Phi) is 7.73. The maximum absolute atomic E-state index is 12.8. The van der Waals surface area contributed by atoms with Crippen LogP contribution in [-0.2, 0) is 14.3 Å². The van der Waals surface area contributed by atoms with Crippen LogP contribution < -0.4 is 10.6 Å². The molecule has 4 rings (SSSR count). The van der Waals surface area contributed by atoms with Gasteiger partial charge in [0.2, 0.25) is 5.91 Å². The van der Waals surface area contributed by atoms with Gasteiger partial charge in [-0.05, 0) is 59.8 Å². The molecular formula is C28H34N2O5. The van der Waals surface area contributed by atoms with Crippen molar-refractivity contribution < 1.29 is 24.2 Å². The molecule has 7 heteroatoms. The van der Waals surface area contributed by atoms with Crippen LogP contribution in [-0.4, -0.2) is 42.3 Å². The lowest BCUT2D eigenvalue weighted by molar-refractivity contribution is -0.143. The normalized spacial score (nSPS) is 20.0. The summed E-state index contributed by atoms with van der Waals surface area (Å²) in [5, 5.41) is 14.8. The van der Waals surface area contributed by atoms with Crippen molar-refractivity contribution in [1.82, 2.24) is 10.6 Å². The highest BCUT2D eigenvalue weighted by atomic mass is 16.5. The van der Waals surface area contributed by atoms with Gasteiger partial charge in [-0.25, -0.2) is 4.79 Å². The lowest BCUT2D eigenvalue weighted by Crippen LogP contribution is -2.50. The molecule has 1 fully saturated rings. The van der Waals surface area contributed by atoms with E-state index in [9.17, 15) is 14.4 Å². The SMILES string of the molecule is CC(C)C(NC(=O)OCC1c2ccccc2-c2ccccc21)C(=O)NCC1CCC(C(=O)O)CC1. The van der Waals surface area contributed by atoms with E-state index in [0.717, 1.165) is 35.1 Å². The van der Waals surface area contributed by atoms with Crippen molar-refractivity contribution in [2.45, 2.75) is 51.5 Å². The molecule has 3 N–H and O–H groups in total. The largest absolute Gasteiger partial charge is 0.481 e. The molecular weight excluding hydrogens is 444 g/mol. The Labute approximate surface area is 206 Å². The lowest BCUT2D eigenvalue weighted by atomic mass is 9.82. The van der Waals surface area contributed by atoms with Gasteiger partial charge in [0.25, 0.3) is 0 Å². The first-order chi connectivity index (χ1) is 16.8. The molecule has 7 nitrogen and oxygen atoms in total. The standard InChI is InChI=1S/C28H34N2O5/c1-17(2)25(26(31)29-15-18-11-13-19(14-12-18)27(32)33)30-28(34)35-16-24-22-9-5-3-7-20(22)21-8-4-6-10-23(21)24/h3-10,17-19,24-25H,11-16H2,1-2H3,(H,29,31)(H,30,34)(H,32,33). The van der Waals surface area contributed by atoms with Gasteiger partial charge in [0, 0.05) is 12.5 Å². The third-order valence-corrected chi connectivity index (χ3v) is 7.33. The lowest BCUT2D eigenvalue weighted by Gasteiger charge is -2.27. The van der Waals surface area contributed by atoms with Gasteiger partial charge < -0.3 is 20.5 Å². The maximum atomic E-state index is 12.8. The Bertz CT molecular complexity index is 1030. The first kappa shape index (κ1) is 24.8. The van der Waals surface area contributed by atoms with Crippen LogP contribution in [0.1, 0.15) is 56.6 Å². The van der Waals surface area contributed by atoms with Crippen LogP contribution in [0, 0.1) is 17.8 Å². The Hall–Kier alpha value is -3.35. The molecule has 2 aromatic rings. The van der Waals surface area contributed by atoms with Crippen LogP contribution in [0.3, 0.4) is 0 Å². The minimum atomic E-state index is -0.736. The number of carbonyl (C=O) groups excluding carboxylic acids is 2. The fraction of sp³-hybridized carbons (Fsp3) is 0.464. The Morgan fingerprint density at radius 1 is 0.943 bits per heavy atom. The predicted octanol–water partition coefficient (Wildman–Crippen LogP) is 4.56. The monoisotopic (exact) mass is 478 g/mol. The highest BCUT2D eigenvalue weighted by molar-refractivity contribution is 5.86. The summed E-state index contributed by atoms with van der Waals surface area (Å²) in [6.45, 7) is 4.44. The number of hydrogen-bond acceptors (Lipinski definition) is 4. The second kappa shape index (κ2) is 10.9. The molecule has 2 aliphatic rings. The van der Waals surface area contributed by atoms with Crippen LogP contribution in [0.4, 0.5) is 4.79 Å². The zero-order valence-electron chi connectivity index (χ0n) is 20.3. The molecule has 186 valence electrons. The molecule has 1 atom stereocenters. The van der Waals surface area contributed by atoms with E-state index in [4.69, 9.17) is 9.84 Å². The molecule has 0 radical (unpaired) electrons. The molecule has 1 unspecified atom stereocenters. The van der Waals surface area contributed by atoms with Crippen molar-refractivity contribution in [3.63, 3.8) is 0 Å². The smallest absolute Gasteiger partial charge is 0.407 e. The maximum Gasteiger partial charge on any atom is 0.407 e. The summed E-state index contributed by atoms with van der Waals surface area (Å²) in [7, 11) is 0. The summed E-state index contributed by atoms with van der Waals surface area (Å²) >= 11 is 0. The number of fused-ring (bicyclic) bond motifs is 3. The number of hydrogen-bond donors (Lipinski definition) is 3. The number of carboxylic acids is 1. The third-order valence-electron chi connectivity index (χ3n) is 7.33. The van der Waals surface area contributed by atoms with Crippen LogP contribution in [0.5, 0.6) is 0 Å². The summed E-state index contributed by atoms with van der Waals surface area (Å²) in [4.78, 5) is 36.7. The van der Waals surface area contributed by atoms with Crippen molar-refractivity contribution in [1.29, 1.82) is 0 Å². The van der Waals surface area contributed by atoms with Gasteiger partial charge in [-0.2, -0.15) is 0 Å². The van der Waals surface area contributed by atoms with Crippen molar-refractivity contribution in [2.24, 2.45) is 17.8 Å². The van der Waals surface area contributed by atoms with Crippen molar-refractivity contribution in [3.8, 4) is 11.1 Å². The number of rotatable bonds is 8. The van der Waals surface area contributed by atoms with Crippen molar-refractivity contribution in [3.05, 3.63) is 59.7 Å². The second-order valence-corrected chi connectivity index (χ2v) is 9.99. The van der Waals surface area contributed by atoms with Crippen LogP contribution in [0.25, 0.3) is 11.1 Å². The molecule has 2 amide bonds. The fourth-order valence-electron chi connectivity index (χ4n) is 5.27. The molecule has 35 heavy (non-hydrogen) atoms. The molecule has 2 aliphatic carbocycles. The fourth-order valence-corrected chi connectivity index (χ4v) is 5.27. The number of aliphatic carboxylic acids is 1. The summed E-state index contributed by atoms with van der Waals surface area (Å²) < 4.78 is 5.61. The zero-order chi connectivity index (χ0) is 24.9. The number of nitrogens with one attached hydrogen (secondary N) is 2. The van der Waals surface area contributed by atoms with Gasteiger partial charge in [0.15, 0.2) is 0 Å². The van der Waals surface area contributed by atoms with Gasteiger partial charge >= 0.3 is 12.1 Å². The molecule has 1 saturated carbocycles. The summed E-state index contributed by atoms with van der Waals surface area (Å²) in [6, 6.07) is 15.6.